The molecule has 1 N–H and O–H groups in total. The van der Waals surface area contributed by atoms with E-state index in [0.717, 1.165) is 29.0 Å². The summed E-state index contributed by atoms with van der Waals surface area (Å²) in [5.74, 6) is 0.358. The van der Waals surface area contributed by atoms with E-state index in [1.165, 1.54) is 24.6 Å². The van der Waals surface area contributed by atoms with E-state index in [2.05, 4.69) is 5.32 Å². The minimum Gasteiger partial charge on any atom is -0.349 e. The molecule has 4 nitrogen and oxygen atoms in total. The van der Waals surface area contributed by atoms with Gasteiger partial charge in [-0.1, -0.05) is 42.6 Å². The van der Waals surface area contributed by atoms with Crippen LogP contribution in [-0.2, 0) is 11.3 Å². The maximum atomic E-state index is 12.6. The largest absolute Gasteiger partial charge is 0.349 e. The van der Waals surface area contributed by atoms with Crippen molar-refractivity contribution in [3.05, 3.63) is 58.6 Å². The number of hydrogen-bond acceptors (Lipinski definition) is 3. The first-order valence-corrected chi connectivity index (χ1v) is 10.6. The predicted octanol–water partition coefficient (Wildman–Crippen LogP) is 4.65. The number of rotatable bonds is 4. The number of carbonyl (C=O) groups is 2. The van der Waals surface area contributed by atoms with Gasteiger partial charge in [0, 0.05) is 21.5 Å². The van der Waals surface area contributed by atoms with Crippen LogP contribution < -0.4 is 10.2 Å². The molecule has 140 valence electrons. The molecule has 0 saturated heterocycles. The molecule has 0 aromatic heterocycles. The Hall–Kier alpha value is -1.98. The van der Waals surface area contributed by atoms with Crippen LogP contribution in [0.15, 0.2) is 47.4 Å². The molecule has 2 aromatic carbocycles. The van der Waals surface area contributed by atoms with Gasteiger partial charge in [-0.25, -0.2) is 0 Å². The highest BCUT2D eigenvalue weighted by Gasteiger charge is 2.27. The van der Waals surface area contributed by atoms with Gasteiger partial charge in [0.05, 0.1) is 18.0 Å². The molecule has 2 amide bonds. The maximum Gasteiger partial charge on any atom is 0.251 e. The van der Waals surface area contributed by atoms with Crippen LogP contribution in [0.1, 0.15) is 41.6 Å². The van der Waals surface area contributed by atoms with Crippen molar-refractivity contribution in [3.8, 4) is 0 Å². The first-order valence-electron chi connectivity index (χ1n) is 9.23. The summed E-state index contributed by atoms with van der Waals surface area (Å²) in [6.45, 7) is 0.403. The molecule has 1 aliphatic heterocycles. The quantitative estimate of drug-likeness (QED) is 0.812. The summed E-state index contributed by atoms with van der Waals surface area (Å²) in [7, 11) is 0. The number of hydrogen-bond donors (Lipinski definition) is 1. The van der Waals surface area contributed by atoms with Crippen LogP contribution in [0.2, 0.25) is 5.02 Å². The standard InChI is InChI=1S/C21H21ClN2O2S/c22-17-8-4-1-5-15(17)12-24-18-11-14(9-10-19(18)27-13-20(24)25)21(26)23-16-6-2-3-7-16/h1,4-5,8-11,16H,2-3,6-7,12-13H2,(H,23,26). The smallest absolute Gasteiger partial charge is 0.251 e. The molecule has 1 aliphatic carbocycles. The lowest BCUT2D eigenvalue weighted by molar-refractivity contribution is -0.116. The highest BCUT2D eigenvalue weighted by Crippen LogP contribution is 2.37. The van der Waals surface area contributed by atoms with Gasteiger partial charge in [-0.15, -0.1) is 11.8 Å². The summed E-state index contributed by atoms with van der Waals surface area (Å²) in [5.41, 5.74) is 2.28. The number of thioether (sulfide) groups is 1. The second-order valence-corrected chi connectivity index (χ2v) is 8.42. The third-order valence-corrected chi connectivity index (χ3v) is 6.56. The van der Waals surface area contributed by atoms with Gasteiger partial charge in [-0.3, -0.25) is 9.59 Å². The molecule has 0 unspecified atom stereocenters. The topological polar surface area (TPSA) is 49.4 Å². The van der Waals surface area contributed by atoms with E-state index in [-0.39, 0.29) is 17.9 Å². The number of halogens is 1. The molecule has 0 spiro atoms. The Kier molecular flexibility index (Phi) is 5.41. The van der Waals surface area contributed by atoms with Crippen LogP contribution >= 0.6 is 23.4 Å². The summed E-state index contributed by atoms with van der Waals surface area (Å²) >= 11 is 7.80. The Balaban J connectivity index is 1.61. The Bertz CT molecular complexity index is 880. The molecule has 1 saturated carbocycles. The minimum absolute atomic E-state index is 0.0285. The first-order chi connectivity index (χ1) is 13.1. The summed E-state index contributed by atoms with van der Waals surface area (Å²) < 4.78 is 0. The second-order valence-electron chi connectivity index (χ2n) is 7.00. The minimum atomic E-state index is -0.0644. The Morgan fingerprint density at radius 2 is 1.96 bits per heavy atom. The Morgan fingerprint density at radius 1 is 1.19 bits per heavy atom. The number of fused-ring (bicyclic) bond motifs is 1. The van der Waals surface area contributed by atoms with Crippen molar-refractivity contribution in [1.29, 1.82) is 0 Å². The Labute approximate surface area is 168 Å². The summed E-state index contributed by atoms with van der Waals surface area (Å²) in [6.07, 6.45) is 4.44. The van der Waals surface area contributed by atoms with Gasteiger partial charge in [-0.05, 0) is 42.7 Å². The first kappa shape index (κ1) is 18.4. The molecule has 0 radical (unpaired) electrons. The number of nitrogens with zero attached hydrogens (tertiary/aromatic N) is 1. The van der Waals surface area contributed by atoms with Gasteiger partial charge in [-0.2, -0.15) is 0 Å². The van der Waals surface area contributed by atoms with Crippen LogP contribution in [0.5, 0.6) is 0 Å². The SMILES string of the molecule is O=C(NC1CCCC1)c1ccc2c(c1)N(Cc1ccccc1Cl)C(=O)CS2. The highest BCUT2D eigenvalue weighted by molar-refractivity contribution is 8.00. The summed E-state index contributed by atoms with van der Waals surface area (Å²) in [5, 5.41) is 3.76. The fraction of sp³-hybridized carbons (Fsp3) is 0.333. The molecule has 6 heteroatoms. The number of anilines is 1. The second kappa shape index (κ2) is 7.95. The molecular weight excluding hydrogens is 380 g/mol. The number of amides is 2. The van der Waals surface area contributed by atoms with Crippen LogP contribution in [0.4, 0.5) is 5.69 Å². The van der Waals surface area contributed by atoms with E-state index < -0.39 is 0 Å². The van der Waals surface area contributed by atoms with Crippen LogP contribution in [0, 0.1) is 0 Å². The summed E-state index contributed by atoms with van der Waals surface area (Å²) in [6, 6.07) is 13.4. The molecule has 1 fully saturated rings. The van der Waals surface area contributed by atoms with Crippen LogP contribution in [-0.4, -0.2) is 23.6 Å². The van der Waals surface area contributed by atoms with Crippen molar-refractivity contribution in [2.75, 3.05) is 10.7 Å². The molecule has 0 bridgehead atoms. The van der Waals surface area contributed by atoms with E-state index >= 15 is 0 Å². The molecule has 0 atom stereocenters. The third-order valence-electron chi connectivity index (χ3n) is 5.14. The Morgan fingerprint density at radius 3 is 2.74 bits per heavy atom. The van der Waals surface area contributed by atoms with Crippen molar-refractivity contribution in [3.63, 3.8) is 0 Å². The zero-order valence-corrected chi connectivity index (χ0v) is 16.5. The van der Waals surface area contributed by atoms with Crippen LogP contribution in [0.25, 0.3) is 0 Å². The maximum absolute atomic E-state index is 12.6. The van der Waals surface area contributed by atoms with E-state index in [1.54, 1.807) is 4.90 Å². The van der Waals surface area contributed by atoms with Crippen LogP contribution in [0.3, 0.4) is 0 Å². The lowest BCUT2D eigenvalue weighted by atomic mass is 10.1. The molecule has 4 rings (SSSR count). The average Bonchev–Trinajstić information content (AvgIpc) is 3.18. The average molecular weight is 401 g/mol. The molecule has 1 heterocycles. The normalized spacial score (nSPS) is 17.1. The van der Waals surface area contributed by atoms with Crippen molar-refractivity contribution >= 4 is 40.9 Å². The fourth-order valence-electron chi connectivity index (χ4n) is 3.65. The molecular formula is C21H21ClN2O2S. The van der Waals surface area contributed by atoms with Crippen molar-refractivity contribution < 1.29 is 9.59 Å². The zero-order valence-electron chi connectivity index (χ0n) is 14.9. The van der Waals surface area contributed by atoms with E-state index in [0.29, 0.717) is 22.9 Å². The van der Waals surface area contributed by atoms with E-state index in [4.69, 9.17) is 11.6 Å². The van der Waals surface area contributed by atoms with Gasteiger partial charge in [0.15, 0.2) is 0 Å². The summed E-state index contributed by atoms with van der Waals surface area (Å²) in [4.78, 5) is 28.0. The highest BCUT2D eigenvalue weighted by atomic mass is 35.5. The van der Waals surface area contributed by atoms with E-state index in [1.807, 2.05) is 42.5 Å². The lowest BCUT2D eigenvalue weighted by Gasteiger charge is -2.30. The van der Waals surface area contributed by atoms with Crippen molar-refractivity contribution in [2.24, 2.45) is 0 Å². The fourth-order valence-corrected chi connectivity index (χ4v) is 4.76. The van der Waals surface area contributed by atoms with Crippen molar-refractivity contribution in [1.82, 2.24) is 5.32 Å². The molecule has 2 aromatic rings. The number of benzene rings is 2. The van der Waals surface area contributed by atoms with Gasteiger partial charge >= 0.3 is 0 Å². The van der Waals surface area contributed by atoms with Gasteiger partial charge in [0.2, 0.25) is 5.91 Å². The monoisotopic (exact) mass is 400 g/mol. The van der Waals surface area contributed by atoms with E-state index in [9.17, 15) is 9.59 Å². The predicted molar refractivity (Wildman–Crippen MR) is 110 cm³/mol. The zero-order chi connectivity index (χ0) is 18.8. The third kappa shape index (κ3) is 3.99. The number of carbonyl (C=O) groups excluding carboxylic acids is 2. The van der Waals surface area contributed by atoms with Gasteiger partial charge in [0.1, 0.15) is 0 Å². The molecule has 2 aliphatic rings. The number of nitrogens with one attached hydrogen (secondary N) is 1. The molecule has 27 heavy (non-hydrogen) atoms. The lowest BCUT2D eigenvalue weighted by Crippen LogP contribution is -2.36. The van der Waals surface area contributed by atoms with Gasteiger partial charge < -0.3 is 10.2 Å². The van der Waals surface area contributed by atoms with Gasteiger partial charge in [0.25, 0.3) is 5.91 Å². The van der Waals surface area contributed by atoms with Crippen molar-refractivity contribution in [2.45, 2.75) is 43.2 Å².